The third-order valence-corrected chi connectivity index (χ3v) is 12.2. The van der Waals surface area contributed by atoms with Crippen molar-refractivity contribution in [3.8, 4) is 5.75 Å². The van der Waals surface area contributed by atoms with Gasteiger partial charge in [-0.15, -0.1) is 0 Å². The molecular weight excluding hydrogens is 659 g/mol. The van der Waals surface area contributed by atoms with E-state index in [0.29, 0.717) is 11.6 Å². The second-order valence-electron chi connectivity index (χ2n) is 13.6. The number of rotatable bonds is 13. The lowest BCUT2D eigenvalue weighted by Gasteiger charge is -2.26. The summed E-state index contributed by atoms with van der Waals surface area (Å²) in [5, 5.41) is 0. The molecule has 1 aliphatic heterocycles. The first-order valence-corrected chi connectivity index (χ1v) is 21.9. The maximum absolute atomic E-state index is 13.7. The molecule has 47 heavy (non-hydrogen) atoms. The molecule has 3 aromatic carbocycles. The molecule has 1 saturated heterocycles. The SMILES string of the molecule is CC(C)(C)OC(=O)[C@H](Cc1ccc(N2CC(=O)N(CC[Si](C)(C)C)S2(=O)=O)c(OCc2ccccc2)c1)NS(=O)(=O)c1ccccc1. The number of esters is 1. The van der Waals surface area contributed by atoms with Crippen LogP contribution in [-0.4, -0.2) is 65.8 Å². The van der Waals surface area contributed by atoms with Crippen LogP contribution in [0, 0.1) is 0 Å². The first-order valence-electron chi connectivity index (χ1n) is 15.3. The van der Waals surface area contributed by atoms with Crippen LogP contribution in [-0.2, 0) is 47.6 Å². The molecule has 254 valence electrons. The van der Waals surface area contributed by atoms with Crippen molar-refractivity contribution in [2.24, 2.45) is 0 Å². The normalized spacial score (nSPS) is 15.8. The number of nitrogens with one attached hydrogen (secondary N) is 1. The average molecular weight is 702 g/mol. The highest BCUT2D eigenvalue weighted by atomic mass is 32.2. The van der Waals surface area contributed by atoms with Crippen LogP contribution in [0.5, 0.6) is 5.75 Å². The highest BCUT2D eigenvalue weighted by molar-refractivity contribution is 7.91. The third kappa shape index (κ3) is 9.66. The molecule has 3 aromatic rings. The van der Waals surface area contributed by atoms with Crippen LogP contribution in [0.25, 0.3) is 0 Å². The van der Waals surface area contributed by atoms with Crippen LogP contribution in [0.1, 0.15) is 31.9 Å². The van der Waals surface area contributed by atoms with Gasteiger partial charge in [0.2, 0.25) is 10.0 Å². The molecule has 1 atom stereocenters. The van der Waals surface area contributed by atoms with Crippen LogP contribution < -0.4 is 13.8 Å². The van der Waals surface area contributed by atoms with Gasteiger partial charge in [0, 0.05) is 14.6 Å². The van der Waals surface area contributed by atoms with Crippen LogP contribution >= 0.6 is 0 Å². The molecular formula is C33H43N3O8S2Si. The van der Waals surface area contributed by atoms with Crippen LogP contribution in [0.4, 0.5) is 5.69 Å². The number of carbonyl (C=O) groups excluding carboxylic acids is 2. The van der Waals surface area contributed by atoms with Crippen molar-refractivity contribution in [1.82, 2.24) is 9.03 Å². The Hall–Kier alpha value is -3.72. The Morgan fingerprint density at radius 2 is 1.57 bits per heavy atom. The quantitative estimate of drug-likeness (QED) is 0.200. The fraction of sp³-hybridized carbons (Fsp3) is 0.394. The van der Waals surface area contributed by atoms with E-state index in [-0.39, 0.29) is 42.4 Å². The summed E-state index contributed by atoms with van der Waals surface area (Å²) >= 11 is 0. The second-order valence-corrected chi connectivity index (χ2v) is 22.7. The van der Waals surface area contributed by atoms with Gasteiger partial charge in [-0.25, -0.2) is 17.0 Å². The molecule has 11 nitrogen and oxygen atoms in total. The van der Waals surface area contributed by atoms with Gasteiger partial charge in [0.1, 0.15) is 30.5 Å². The first kappa shape index (κ1) is 36.1. The highest BCUT2D eigenvalue weighted by Gasteiger charge is 2.44. The lowest BCUT2D eigenvalue weighted by molar-refractivity contribution is -0.156. The molecule has 1 amide bonds. The van der Waals surface area contributed by atoms with Crippen molar-refractivity contribution >= 4 is 45.9 Å². The standard InChI is InChI=1S/C33H43N3O8S2Si/c1-33(2,3)44-32(38)28(34-45(39,40)27-15-11-8-12-16-27)21-26-17-18-29(30(22-26)43-24-25-13-9-7-10-14-25)36-23-31(37)35(46(36,41)42)19-20-47(4,5)6/h7-18,22,28,34H,19-21,23-24H2,1-6H3/t28-/m0/s1. The van der Waals surface area contributed by atoms with E-state index in [9.17, 15) is 26.4 Å². The fourth-order valence-electron chi connectivity index (χ4n) is 4.80. The molecule has 14 heteroatoms. The number of carbonyl (C=O) groups is 2. The van der Waals surface area contributed by atoms with Gasteiger partial charge in [0.25, 0.3) is 5.91 Å². The monoisotopic (exact) mass is 701 g/mol. The Morgan fingerprint density at radius 3 is 2.17 bits per heavy atom. The van der Waals surface area contributed by atoms with E-state index in [2.05, 4.69) is 24.4 Å². The van der Waals surface area contributed by atoms with Crippen LogP contribution in [0.15, 0.2) is 83.8 Å². The van der Waals surface area contributed by atoms with Gasteiger partial charge in [0.15, 0.2) is 0 Å². The first-order chi connectivity index (χ1) is 21.9. The van der Waals surface area contributed by atoms with Crippen molar-refractivity contribution in [2.45, 2.75) is 76.0 Å². The molecule has 1 N–H and O–H groups in total. The molecule has 0 saturated carbocycles. The fourth-order valence-corrected chi connectivity index (χ4v) is 8.61. The minimum Gasteiger partial charge on any atom is -0.487 e. The number of hydrogen-bond acceptors (Lipinski definition) is 8. The van der Waals surface area contributed by atoms with Gasteiger partial charge < -0.3 is 9.47 Å². The number of benzene rings is 3. The Morgan fingerprint density at radius 1 is 0.957 bits per heavy atom. The van der Waals surface area contributed by atoms with Gasteiger partial charge in [-0.05, 0) is 68.6 Å². The zero-order chi connectivity index (χ0) is 34.6. The topological polar surface area (TPSA) is 139 Å². The van der Waals surface area contributed by atoms with Crippen molar-refractivity contribution < 1.29 is 35.9 Å². The Balaban J connectivity index is 1.70. The van der Waals surface area contributed by atoms with Crippen LogP contribution in [0.2, 0.25) is 25.7 Å². The predicted octanol–water partition coefficient (Wildman–Crippen LogP) is 4.73. The summed E-state index contributed by atoms with van der Waals surface area (Å²) in [5.74, 6) is -1.15. The lowest BCUT2D eigenvalue weighted by atomic mass is 10.0. The van der Waals surface area contributed by atoms with Gasteiger partial charge in [-0.3, -0.25) is 9.59 Å². The molecule has 1 heterocycles. The molecule has 0 aromatic heterocycles. The maximum atomic E-state index is 13.7. The van der Waals surface area contributed by atoms with E-state index in [1.165, 1.54) is 18.2 Å². The van der Waals surface area contributed by atoms with E-state index in [1.807, 2.05) is 30.3 Å². The lowest BCUT2D eigenvalue weighted by Crippen LogP contribution is -2.45. The minimum atomic E-state index is -4.19. The Bertz CT molecular complexity index is 1790. The number of sulfonamides is 1. The summed E-state index contributed by atoms with van der Waals surface area (Å²) in [6.45, 7) is 11.2. The molecule has 0 radical (unpaired) electrons. The van der Waals surface area contributed by atoms with Gasteiger partial charge in [-0.2, -0.15) is 13.1 Å². The summed E-state index contributed by atoms with van der Waals surface area (Å²) in [6, 6.07) is 20.9. The zero-order valence-corrected chi connectivity index (χ0v) is 30.2. The Kier molecular flexibility index (Phi) is 10.9. The zero-order valence-electron chi connectivity index (χ0n) is 27.6. The summed E-state index contributed by atoms with van der Waals surface area (Å²) in [4.78, 5) is 26.3. The summed E-state index contributed by atoms with van der Waals surface area (Å²) in [5.41, 5.74) is 0.566. The maximum Gasteiger partial charge on any atom is 0.329 e. The van der Waals surface area contributed by atoms with Gasteiger partial charge in [-0.1, -0.05) is 74.2 Å². The van der Waals surface area contributed by atoms with E-state index >= 15 is 0 Å². The second kappa shape index (κ2) is 14.2. The molecule has 4 rings (SSSR count). The van der Waals surface area contributed by atoms with Crippen molar-refractivity contribution in [3.63, 3.8) is 0 Å². The summed E-state index contributed by atoms with van der Waals surface area (Å²) in [7, 11) is -9.95. The predicted molar refractivity (Wildman–Crippen MR) is 183 cm³/mol. The largest absolute Gasteiger partial charge is 0.487 e. The molecule has 0 unspecified atom stereocenters. The summed E-state index contributed by atoms with van der Waals surface area (Å²) < 4.78 is 70.0. The minimum absolute atomic E-state index is 0.0154. The van der Waals surface area contributed by atoms with Crippen molar-refractivity contribution in [1.29, 1.82) is 0 Å². The molecule has 1 fully saturated rings. The van der Waals surface area contributed by atoms with Crippen molar-refractivity contribution in [2.75, 3.05) is 17.4 Å². The van der Waals surface area contributed by atoms with Gasteiger partial charge in [0.05, 0.1) is 10.6 Å². The number of ether oxygens (including phenoxy) is 2. The number of nitrogens with zero attached hydrogens (tertiary/aromatic N) is 2. The van der Waals surface area contributed by atoms with E-state index < -0.39 is 51.8 Å². The average Bonchev–Trinajstić information content (AvgIpc) is 3.21. The molecule has 0 bridgehead atoms. The molecule has 0 spiro atoms. The number of amides is 1. The third-order valence-electron chi connectivity index (χ3n) is 7.19. The number of hydrogen-bond donors (Lipinski definition) is 1. The molecule has 0 aliphatic carbocycles. The number of anilines is 1. The smallest absolute Gasteiger partial charge is 0.329 e. The molecule has 1 aliphatic rings. The van der Waals surface area contributed by atoms with E-state index in [0.717, 1.165) is 14.2 Å². The Labute approximate surface area is 279 Å². The van der Waals surface area contributed by atoms with Crippen LogP contribution in [0.3, 0.4) is 0 Å². The highest BCUT2D eigenvalue weighted by Crippen LogP contribution is 2.36. The van der Waals surface area contributed by atoms with E-state index in [4.69, 9.17) is 9.47 Å². The van der Waals surface area contributed by atoms with Gasteiger partial charge >= 0.3 is 16.2 Å². The summed E-state index contributed by atoms with van der Waals surface area (Å²) in [6.07, 6.45) is -0.128. The van der Waals surface area contributed by atoms with E-state index in [1.54, 1.807) is 51.1 Å². The van der Waals surface area contributed by atoms with Crippen molar-refractivity contribution in [3.05, 3.63) is 90.0 Å².